The molecule has 1 aromatic heterocycles. The SMILES string of the molecule is Clc1cccc(OCCn2cc(CNC3CC3)nn2)c1Cl. The van der Waals surface area contributed by atoms with Crippen LogP contribution in [0.15, 0.2) is 24.4 Å². The standard InChI is InChI=1S/C14H16Cl2N4O/c15-12-2-1-3-13(14(12)16)21-7-6-20-9-11(18-19-20)8-17-10-4-5-10/h1-3,9-10,17H,4-8H2. The molecule has 1 N–H and O–H groups in total. The lowest BCUT2D eigenvalue weighted by Crippen LogP contribution is -2.15. The summed E-state index contributed by atoms with van der Waals surface area (Å²) in [6.45, 7) is 1.84. The first-order chi connectivity index (χ1) is 10.2. The molecule has 0 atom stereocenters. The van der Waals surface area contributed by atoms with Gasteiger partial charge in [-0.2, -0.15) is 0 Å². The zero-order valence-corrected chi connectivity index (χ0v) is 12.9. The lowest BCUT2D eigenvalue weighted by Gasteiger charge is -2.08. The van der Waals surface area contributed by atoms with Crippen molar-refractivity contribution in [1.82, 2.24) is 20.3 Å². The molecule has 0 aliphatic heterocycles. The molecule has 0 bridgehead atoms. The molecule has 1 aliphatic rings. The number of ether oxygens (including phenoxy) is 1. The van der Waals surface area contributed by atoms with E-state index in [0.29, 0.717) is 35.0 Å². The third kappa shape index (κ3) is 4.09. The van der Waals surface area contributed by atoms with Gasteiger partial charge < -0.3 is 10.1 Å². The molecule has 1 fully saturated rings. The van der Waals surface area contributed by atoms with Gasteiger partial charge in [0, 0.05) is 18.8 Å². The Morgan fingerprint density at radius 1 is 1.33 bits per heavy atom. The largest absolute Gasteiger partial charge is 0.490 e. The maximum Gasteiger partial charge on any atom is 0.139 e. The van der Waals surface area contributed by atoms with Crippen LogP contribution < -0.4 is 10.1 Å². The number of nitrogens with one attached hydrogen (secondary N) is 1. The Labute approximate surface area is 133 Å². The number of rotatable bonds is 7. The van der Waals surface area contributed by atoms with Crippen molar-refractivity contribution in [2.75, 3.05) is 6.61 Å². The van der Waals surface area contributed by atoms with Crippen LogP contribution in [0.4, 0.5) is 0 Å². The molecule has 112 valence electrons. The fraction of sp³-hybridized carbons (Fsp3) is 0.429. The Bertz CT molecular complexity index is 613. The molecular formula is C14H16Cl2N4O. The van der Waals surface area contributed by atoms with Gasteiger partial charge >= 0.3 is 0 Å². The number of aromatic nitrogens is 3. The summed E-state index contributed by atoms with van der Waals surface area (Å²) in [7, 11) is 0. The molecular weight excluding hydrogens is 311 g/mol. The second-order valence-corrected chi connectivity index (χ2v) is 5.81. The van der Waals surface area contributed by atoms with E-state index in [2.05, 4.69) is 15.6 Å². The Morgan fingerprint density at radius 3 is 3.00 bits per heavy atom. The molecule has 0 radical (unpaired) electrons. The van der Waals surface area contributed by atoms with Crippen LogP contribution in [-0.2, 0) is 13.1 Å². The van der Waals surface area contributed by atoms with Crippen LogP contribution in [0.1, 0.15) is 18.5 Å². The molecule has 1 saturated carbocycles. The van der Waals surface area contributed by atoms with Crippen molar-refractivity contribution in [3.8, 4) is 5.75 Å². The maximum absolute atomic E-state index is 6.06. The third-order valence-corrected chi connectivity index (χ3v) is 4.03. The number of benzene rings is 1. The molecule has 1 heterocycles. The van der Waals surface area contributed by atoms with E-state index in [1.807, 2.05) is 6.20 Å². The topological polar surface area (TPSA) is 52.0 Å². The van der Waals surface area contributed by atoms with Gasteiger partial charge in [-0.3, -0.25) is 0 Å². The Hall–Kier alpha value is -1.30. The van der Waals surface area contributed by atoms with Gasteiger partial charge in [-0.05, 0) is 25.0 Å². The summed E-state index contributed by atoms with van der Waals surface area (Å²) in [5.41, 5.74) is 0.947. The van der Waals surface area contributed by atoms with Crippen LogP contribution >= 0.6 is 23.2 Å². The molecule has 0 unspecified atom stereocenters. The molecule has 0 spiro atoms. The molecule has 5 nitrogen and oxygen atoms in total. The maximum atomic E-state index is 6.06. The highest BCUT2D eigenvalue weighted by Crippen LogP contribution is 2.31. The van der Waals surface area contributed by atoms with Crippen LogP contribution in [0.2, 0.25) is 10.0 Å². The van der Waals surface area contributed by atoms with Gasteiger partial charge in [0.1, 0.15) is 17.4 Å². The summed E-state index contributed by atoms with van der Waals surface area (Å²) in [6.07, 6.45) is 4.46. The van der Waals surface area contributed by atoms with E-state index in [4.69, 9.17) is 27.9 Å². The number of nitrogens with zero attached hydrogens (tertiary/aromatic N) is 3. The van der Waals surface area contributed by atoms with Crippen LogP contribution in [0, 0.1) is 0 Å². The minimum atomic E-state index is 0.437. The van der Waals surface area contributed by atoms with Gasteiger partial charge in [0.2, 0.25) is 0 Å². The van der Waals surface area contributed by atoms with Crippen molar-refractivity contribution in [3.63, 3.8) is 0 Å². The van der Waals surface area contributed by atoms with E-state index < -0.39 is 0 Å². The van der Waals surface area contributed by atoms with Crippen LogP contribution in [0.25, 0.3) is 0 Å². The van der Waals surface area contributed by atoms with Crippen molar-refractivity contribution in [2.24, 2.45) is 0 Å². The highest BCUT2D eigenvalue weighted by molar-refractivity contribution is 6.42. The number of halogens is 2. The van der Waals surface area contributed by atoms with E-state index >= 15 is 0 Å². The second kappa shape index (κ2) is 6.64. The number of hydrogen-bond donors (Lipinski definition) is 1. The smallest absolute Gasteiger partial charge is 0.139 e. The van der Waals surface area contributed by atoms with E-state index in [9.17, 15) is 0 Å². The molecule has 2 aromatic rings. The predicted octanol–water partition coefficient (Wildman–Crippen LogP) is 2.92. The Morgan fingerprint density at radius 2 is 2.19 bits per heavy atom. The average molecular weight is 327 g/mol. The van der Waals surface area contributed by atoms with Crippen molar-refractivity contribution in [2.45, 2.75) is 32.0 Å². The van der Waals surface area contributed by atoms with Crippen LogP contribution in [0.5, 0.6) is 5.75 Å². The zero-order chi connectivity index (χ0) is 14.7. The summed E-state index contributed by atoms with van der Waals surface area (Å²) in [6, 6.07) is 6.00. The first-order valence-electron chi connectivity index (χ1n) is 6.91. The van der Waals surface area contributed by atoms with Gasteiger partial charge in [-0.25, -0.2) is 4.68 Å². The lowest BCUT2D eigenvalue weighted by molar-refractivity contribution is 0.290. The van der Waals surface area contributed by atoms with E-state index in [0.717, 1.165) is 12.2 Å². The summed E-state index contributed by atoms with van der Waals surface area (Å²) >= 11 is 12.0. The number of hydrogen-bond acceptors (Lipinski definition) is 4. The summed E-state index contributed by atoms with van der Waals surface area (Å²) in [5, 5.41) is 12.5. The normalized spacial score (nSPS) is 14.4. The minimum absolute atomic E-state index is 0.437. The van der Waals surface area contributed by atoms with E-state index in [1.54, 1.807) is 22.9 Å². The monoisotopic (exact) mass is 326 g/mol. The fourth-order valence-electron chi connectivity index (χ4n) is 1.91. The van der Waals surface area contributed by atoms with Crippen LogP contribution in [0.3, 0.4) is 0 Å². The lowest BCUT2D eigenvalue weighted by atomic mass is 10.3. The van der Waals surface area contributed by atoms with E-state index in [-0.39, 0.29) is 0 Å². The Balaban J connectivity index is 1.47. The minimum Gasteiger partial charge on any atom is -0.490 e. The van der Waals surface area contributed by atoms with Crippen molar-refractivity contribution < 1.29 is 4.74 Å². The second-order valence-electron chi connectivity index (χ2n) is 5.03. The molecule has 21 heavy (non-hydrogen) atoms. The highest BCUT2D eigenvalue weighted by atomic mass is 35.5. The van der Waals surface area contributed by atoms with Crippen LogP contribution in [-0.4, -0.2) is 27.6 Å². The van der Waals surface area contributed by atoms with E-state index in [1.165, 1.54) is 12.8 Å². The molecule has 1 aliphatic carbocycles. The highest BCUT2D eigenvalue weighted by Gasteiger charge is 2.20. The fourth-order valence-corrected chi connectivity index (χ4v) is 2.26. The molecule has 0 saturated heterocycles. The first kappa shape index (κ1) is 14.6. The Kier molecular flexibility index (Phi) is 4.63. The van der Waals surface area contributed by atoms with Gasteiger partial charge in [0.15, 0.2) is 0 Å². The first-order valence-corrected chi connectivity index (χ1v) is 7.67. The molecule has 3 rings (SSSR count). The molecule has 1 aromatic carbocycles. The van der Waals surface area contributed by atoms with Gasteiger partial charge in [-0.1, -0.05) is 34.5 Å². The van der Waals surface area contributed by atoms with Gasteiger partial charge in [-0.15, -0.1) is 5.10 Å². The van der Waals surface area contributed by atoms with Crippen molar-refractivity contribution >= 4 is 23.2 Å². The quantitative estimate of drug-likeness (QED) is 0.850. The summed E-state index contributed by atoms with van der Waals surface area (Å²) in [4.78, 5) is 0. The van der Waals surface area contributed by atoms with Crippen molar-refractivity contribution in [1.29, 1.82) is 0 Å². The molecule has 7 heteroatoms. The predicted molar refractivity (Wildman–Crippen MR) is 81.8 cm³/mol. The van der Waals surface area contributed by atoms with Gasteiger partial charge in [0.25, 0.3) is 0 Å². The molecule has 0 amide bonds. The average Bonchev–Trinajstić information content (AvgIpc) is 3.20. The summed E-state index contributed by atoms with van der Waals surface area (Å²) in [5.74, 6) is 0.583. The summed E-state index contributed by atoms with van der Waals surface area (Å²) < 4.78 is 7.38. The van der Waals surface area contributed by atoms with Gasteiger partial charge in [0.05, 0.1) is 17.3 Å². The third-order valence-electron chi connectivity index (χ3n) is 3.23. The zero-order valence-electron chi connectivity index (χ0n) is 11.4. The van der Waals surface area contributed by atoms with Crippen molar-refractivity contribution in [3.05, 3.63) is 40.1 Å².